The van der Waals surface area contributed by atoms with Crippen LogP contribution in [0.1, 0.15) is 15.9 Å². The number of hydrazone groups is 1. The van der Waals surface area contributed by atoms with Crippen LogP contribution in [0.5, 0.6) is 5.75 Å². The smallest absolute Gasteiger partial charge is 0.259 e. The lowest BCUT2D eigenvalue weighted by molar-refractivity contribution is -0.120. The van der Waals surface area contributed by atoms with Crippen LogP contribution in [-0.4, -0.2) is 41.5 Å². The van der Waals surface area contributed by atoms with Crippen molar-refractivity contribution in [3.05, 3.63) is 101 Å². The fraction of sp³-hybridized carbons (Fsp3) is 0.0769. The molecule has 0 bridgehead atoms. The average molecular weight is 532 g/mol. The molecular formula is C26H22BrN5O3. The van der Waals surface area contributed by atoms with E-state index in [4.69, 9.17) is 9.84 Å². The number of aromatic nitrogens is 2. The van der Waals surface area contributed by atoms with Crippen molar-refractivity contribution in [3.63, 3.8) is 0 Å². The molecule has 1 aromatic heterocycles. The summed E-state index contributed by atoms with van der Waals surface area (Å²) in [4.78, 5) is 24.4. The molecule has 2 N–H and O–H groups in total. The van der Waals surface area contributed by atoms with Crippen LogP contribution < -0.4 is 15.5 Å². The molecule has 0 radical (unpaired) electrons. The van der Waals surface area contributed by atoms with E-state index in [1.807, 2.05) is 60.8 Å². The second-order valence-electron chi connectivity index (χ2n) is 7.42. The minimum absolute atomic E-state index is 0.217. The third-order valence-corrected chi connectivity index (χ3v) is 5.56. The SMILES string of the molecule is COc1ccc(C(=O)NCC(=O)N/N=C/c2cn(-c3ccccc3)nc2-c2ccc(Br)cc2)cc1. The van der Waals surface area contributed by atoms with Crippen LogP contribution in [0, 0.1) is 0 Å². The van der Waals surface area contributed by atoms with E-state index in [2.05, 4.69) is 31.8 Å². The molecular weight excluding hydrogens is 510 g/mol. The summed E-state index contributed by atoms with van der Waals surface area (Å²) in [5.41, 5.74) is 6.11. The Kier molecular flexibility index (Phi) is 7.69. The van der Waals surface area contributed by atoms with Gasteiger partial charge in [-0.05, 0) is 48.5 Å². The summed E-state index contributed by atoms with van der Waals surface area (Å²) in [5, 5.41) is 11.4. The molecule has 1 heterocycles. The summed E-state index contributed by atoms with van der Waals surface area (Å²) in [6, 6.07) is 24.1. The molecule has 0 spiro atoms. The monoisotopic (exact) mass is 531 g/mol. The number of nitrogens with zero attached hydrogens (tertiary/aromatic N) is 3. The zero-order valence-corrected chi connectivity index (χ0v) is 20.4. The maximum atomic E-state index is 12.2. The maximum absolute atomic E-state index is 12.2. The minimum atomic E-state index is -0.455. The molecule has 0 fully saturated rings. The first kappa shape index (κ1) is 23.9. The fourth-order valence-corrected chi connectivity index (χ4v) is 3.51. The van der Waals surface area contributed by atoms with Crippen LogP contribution in [0.3, 0.4) is 0 Å². The number of para-hydroxylation sites is 1. The molecule has 0 aliphatic heterocycles. The summed E-state index contributed by atoms with van der Waals surface area (Å²) < 4.78 is 7.80. The standard InChI is InChI=1S/C26H22BrN5O3/c1-35-23-13-9-19(10-14-23)26(34)28-16-24(33)30-29-15-20-17-32(22-5-3-2-4-6-22)31-25(20)18-7-11-21(27)12-8-18/h2-15,17H,16H2,1H3,(H,28,34)(H,30,33)/b29-15+. The largest absolute Gasteiger partial charge is 0.497 e. The van der Waals surface area contributed by atoms with Gasteiger partial charge in [0.2, 0.25) is 0 Å². The number of hydrogen-bond acceptors (Lipinski definition) is 5. The molecule has 0 aliphatic rings. The first-order valence-electron chi connectivity index (χ1n) is 10.7. The highest BCUT2D eigenvalue weighted by atomic mass is 79.9. The highest BCUT2D eigenvalue weighted by molar-refractivity contribution is 9.10. The Morgan fingerprint density at radius 3 is 2.43 bits per heavy atom. The van der Waals surface area contributed by atoms with E-state index < -0.39 is 5.91 Å². The van der Waals surface area contributed by atoms with Crippen molar-refractivity contribution in [1.82, 2.24) is 20.5 Å². The molecule has 35 heavy (non-hydrogen) atoms. The van der Waals surface area contributed by atoms with E-state index in [-0.39, 0.29) is 12.5 Å². The van der Waals surface area contributed by atoms with Crippen LogP contribution in [-0.2, 0) is 4.79 Å². The highest BCUT2D eigenvalue weighted by Gasteiger charge is 2.12. The number of amides is 2. The van der Waals surface area contributed by atoms with Gasteiger partial charge in [-0.3, -0.25) is 9.59 Å². The van der Waals surface area contributed by atoms with Gasteiger partial charge in [-0.15, -0.1) is 0 Å². The van der Waals surface area contributed by atoms with E-state index in [0.717, 1.165) is 21.3 Å². The number of hydrogen-bond donors (Lipinski definition) is 2. The molecule has 0 aliphatic carbocycles. The van der Waals surface area contributed by atoms with Crippen LogP contribution in [0.4, 0.5) is 0 Å². The lowest BCUT2D eigenvalue weighted by Crippen LogP contribution is -2.34. The molecule has 3 aromatic carbocycles. The van der Waals surface area contributed by atoms with Crippen molar-refractivity contribution >= 4 is 34.0 Å². The van der Waals surface area contributed by atoms with Gasteiger partial charge in [0, 0.05) is 27.4 Å². The summed E-state index contributed by atoms with van der Waals surface area (Å²) >= 11 is 3.45. The first-order chi connectivity index (χ1) is 17.0. The highest BCUT2D eigenvalue weighted by Crippen LogP contribution is 2.24. The van der Waals surface area contributed by atoms with Gasteiger partial charge in [-0.25, -0.2) is 10.1 Å². The van der Waals surface area contributed by atoms with Crippen LogP contribution in [0.25, 0.3) is 16.9 Å². The van der Waals surface area contributed by atoms with E-state index in [1.54, 1.807) is 36.1 Å². The first-order valence-corrected chi connectivity index (χ1v) is 11.5. The normalized spacial score (nSPS) is 10.8. The van der Waals surface area contributed by atoms with Crippen LogP contribution in [0.2, 0.25) is 0 Å². The predicted octanol–water partition coefficient (Wildman–Crippen LogP) is 4.19. The number of methoxy groups -OCH3 is 1. The number of benzene rings is 3. The zero-order chi connectivity index (χ0) is 24.6. The van der Waals surface area contributed by atoms with E-state index in [1.165, 1.54) is 6.21 Å². The third kappa shape index (κ3) is 6.21. The van der Waals surface area contributed by atoms with E-state index >= 15 is 0 Å². The Balaban J connectivity index is 1.43. The molecule has 0 saturated heterocycles. The van der Waals surface area contributed by atoms with E-state index in [9.17, 15) is 9.59 Å². The zero-order valence-electron chi connectivity index (χ0n) is 18.8. The van der Waals surface area contributed by atoms with Crippen molar-refractivity contribution in [3.8, 4) is 22.7 Å². The molecule has 4 rings (SSSR count). The number of nitrogens with one attached hydrogen (secondary N) is 2. The molecule has 0 atom stereocenters. The lowest BCUT2D eigenvalue weighted by atomic mass is 10.1. The Morgan fingerprint density at radius 2 is 1.74 bits per heavy atom. The number of carbonyl (C=O) groups is 2. The molecule has 2 amide bonds. The number of halogens is 1. The molecule has 8 nitrogen and oxygen atoms in total. The Labute approximate surface area is 210 Å². The fourth-order valence-electron chi connectivity index (χ4n) is 3.25. The van der Waals surface area contributed by atoms with Gasteiger partial charge in [0.05, 0.1) is 25.6 Å². The topological polar surface area (TPSA) is 97.6 Å². The number of rotatable bonds is 8. The van der Waals surface area contributed by atoms with Crippen molar-refractivity contribution < 1.29 is 14.3 Å². The quantitative estimate of drug-likeness (QED) is 0.263. The molecule has 4 aromatic rings. The van der Waals surface area contributed by atoms with Gasteiger partial charge in [0.1, 0.15) is 11.4 Å². The maximum Gasteiger partial charge on any atom is 0.259 e. The Morgan fingerprint density at radius 1 is 1.03 bits per heavy atom. The summed E-state index contributed by atoms with van der Waals surface area (Å²) in [7, 11) is 1.55. The molecule has 176 valence electrons. The number of ether oxygens (including phenoxy) is 1. The second kappa shape index (κ2) is 11.3. The van der Waals surface area contributed by atoms with E-state index in [0.29, 0.717) is 17.0 Å². The third-order valence-electron chi connectivity index (χ3n) is 5.04. The molecule has 9 heteroatoms. The summed E-state index contributed by atoms with van der Waals surface area (Å²) in [5.74, 6) is -0.177. The Hall–Kier alpha value is -4.24. The van der Waals surface area contributed by atoms with Gasteiger partial charge < -0.3 is 10.1 Å². The van der Waals surface area contributed by atoms with Gasteiger partial charge in [0.25, 0.3) is 11.8 Å². The van der Waals surface area contributed by atoms with Gasteiger partial charge in [-0.1, -0.05) is 46.3 Å². The Bertz CT molecular complexity index is 1330. The molecule has 0 unspecified atom stereocenters. The number of carbonyl (C=O) groups excluding carboxylic acids is 2. The van der Waals surface area contributed by atoms with Crippen molar-refractivity contribution in [2.75, 3.05) is 13.7 Å². The summed E-state index contributed by atoms with van der Waals surface area (Å²) in [6.07, 6.45) is 3.38. The van der Waals surface area contributed by atoms with Crippen LogP contribution >= 0.6 is 15.9 Å². The van der Waals surface area contributed by atoms with Gasteiger partial charge >= 0.3 is 0 Å². The average Bonchev–Trinajstić information content (AvgIpc) is 3.32. The minimum Gasteiger partial charge on any atom is -0.497 e. The lowest BCUT2D eigenvalue weighted by Gasteiger charge is -2.05. The van der Waals surface area contributed by atoms with Crippen LogP contribution in [0.15, 0.2) is 94.6 Å². The van der Waals surface area contributed by atoms with Gasteiger partial charge in [0.15, 0.2) is 0 Å². The van der Waals surface area contributed by atoms with Crippen molar-refractivity contribution in [2.45, 2.75) is 0 Å². The predicted molar refractivity (Wildman–Crippen MR) is 138 cm³/mol. The summed E-state index contributed by atoms with van der Waals surface area (Å²) in [6.45, 7) is -0.217. The molecule has 0 saturated carbocycles. The van der Waals surface area contributed by atoms with Gasteiger partial charge in [-0.2, -0.15) is 10.2 Å². The second-order valence-corrected chi connectivity index (χ2v) is 8.34. The van der Waals surface area contributed by atoms with Crippen molar-refractivity contribution in [1.29, 1.82) is 0 Å². The van der Waals surface area contributed by atoms with Crippen molar-refractivity contribution in [2.24, 2.45) is 5.10 Å².